The molecule has 1 unspecified atom stereocenters. The molecule has 2 aromatic carbocycles. The minimum Gasteiger partial charge on any atom is -0.496 e. The number of ether oxygens (including phenoxy) is 2. The molecule has 5 nitrogen and oxygen atoms in total. The second-order valence-electron chi connectivity index (χ2n) is 6.43. The van der Waals surface area contributed by atoms with Gasteiger partial charge in [-0.3, -0.25) is 10.1 Å². The van der Waals surface area contributed by atoms with E-state index in [9.17, 15) is 4.79 Å². The zero-order valence-electron chi connectivity index (χ0n) is 16.4. The number of hydrogen-bond donors (Lipinski definition) is 1. The summed E-state index contributed by atoms with van der Waals surface area (Å²) in [4.78, 5) is 18.2. The first-order valence-electron chi connectivity index (χ1n) is 8.83. The Kier molecular flexibility index (Phi) is 6.82. The Morgan fingerprint density at radius 1 is 1.21 bits per heavy atom. The van der Waals surface area contributed by atoms with E-state index in [4.69, 9.17) is 21.1 Å². The van der Waals surface area contributed by atoms with Gasteiger partial charge in [-0.05, 0) is 78.7 Å². The number of anilines is 1. The summed E-state index contributed by atoms with van der Waals surface area (Å²) in [6.07, 6.45) is -0.705. The van der Waals surface area contributed by atoms with Crippen LogP contribution in [0.3, 0.4) is 0 Å². The van der Waals surface area contributed by atoms with Crippen LogP contribution in [0.4, 0.5) is 5.13 Å². The summed E-state index contributed by atoms with van der Waals surface area (Å²) in [7, 11) is 1.65. The molecule has 0 saturated heterocycles. The largest absolute Gasteiger partial charge is 0.496 e. The molecular formula is C21H20BrClN2O3S. The molecule has 1 atom stereocenters. The molecule has 1 N–H and O–H groups in total. The molecule has 152 valence electrons. The molecule has 3 aromatic rings. The van der Waals surface area contributed by atoms with Crippen LogP contribution in [0, 0.1) is 13.8 Å². The summed E-state index contributed by atoms with van der Waals surface area (Å²) in [5.41, 5.74) is 2.84. The van der Waals surface area contributed by atoms with Crippen LogP contribution in [0.5, 0.6) is 11.5 Å². The molecule has 29 heavy (non-hydrogen) atoms. The first-order chi connectivity index (χ1) is 13.8. The van der Waals surface area contributed by atoms with Gasteiger partial charge < -0.3 is 9.47 Å². The van der Waals surface area contributed by atoms with Crippen LogP contribution >= 0.6 is 38.9 Å². The van der Waals surface area contributed by atoms with Gasteiger partial charge in [0.1, 0.15) is 11.5 Å². The highest BCUT2D eigenvalue weighted by Crippen LogP contribution is 2.33. The number of aryl methyl sites for hydroxylation is 2. The first-order valence-corrected chi connectivity index (χ1v) is 10.8. The number of thiazole rings is 1. The van der Waals surface area contributed by atoms with Crippen molar-refractivity contribution < 1.29 is 14.3 Å². The van der Waals surface area contributed by atoms with Crippen LogP contribution in [0.2, 0.25) is 5.02 Å². The molecular weight excluding hydrogens is 476 g/mol. The number of carbonyl (C=O) groups is 1. The Morgan fingerprint density at radius 3 is 2.59 bits per heavy atom. The predicted octanol–water partition coefficient (Wildman–Crippen LogP) is 6.26. The third kappa shape index (κ3) is 5.10. The standard InChI is InChI=1S/C21H20BrClN2O3S/c1-11-9-14(5-7-17(11)27-4)19-13(3)29-21(24-19)25-20(26)12(2)28-18-8-6-15(23)10-16(18)22/h5-10,12H,1-4H3,(H,24,25,26). The van der Waals surface area contributed by atoms with Gasteiger partial charge in [0, 0.05) is 15.5 Å². The van der Waals surface area contributed by atoms with E-state index in [1.807, 2.05) is 32.0 Å². The Hall–Kier alpha value is -2.09. The highest BCUT2D eigenvalue weighted by Gasteiger charge is 2.19. The van der Waals surface area contributed by atoms with E-state index in [1.165, 1.54) is 11.3 Å². The monoisotopic (exact) mass is 494 g/mol. The van der Waals surface area contributed by atoms with Crippen molar-refractivity contribution in [2.45, 2.75) is 26.9 Å². The fourth-order valence-corrected chi connectivity index (χ4v) is 4.38. The van der Waals surface area contributed by atoms with E-state index in [0.29, 0.717) is 20.4 Å². The fraction of sp³-hybridized carbons (Fsp3) is 0.238. The third-order valence-corrected chi connectivity index (χ3v) is 6.00. The van der Waals surface area contributed by atoms with Gasteiger partial charge in [-0.15, -0.1) is 11.3 Å². The number of methoxy groups -OCH3 is 1. The lowest BCUT2D eigenvalue weighted by Crippen LogP contribution is -2.30. The number of rotatable bonds is 6. The lowest BCUT2D eigenvalue weighted by atomic mass is 10.1. The van der Waals surface area contributed by atoms with Gasteiger partial charge in [-0.25, -0.2) is 4.98 Å². The van der Waals surface area contributed by atoms with Gasteiger partial charge in [0.2, 0.25) is 0 Å². The van der Waals surface area contributed by atoms with Crippen molar-refractivity contribution in [3.8, 4) is 22.8 Å². The number of benzene rings is 2. The van der Waals surface area contributed by atoms with E-state index in [-0.39, 0.29) is 5.91 Å². The number of halogens is 2. The maximum absolute atomic E-state index is 12.6. The molecule has 0 radical (unpaired) electrons. The molecule has 0 aliphatic carbocycles. The lowest BCUT2D eigenvalue weighted by Gasteiger charge is -2.15. The number of amides is 1. The van der Waals surface area contributed by atoms with Crippen molar-refractivity contribution in [2.75, 3.05) is 12.4 Å². The topological polar surface area (TPSA) is 60.5 Å². The number of hydrogen-bond acceptors (Lipinski definition) is 5. The summed E-state index contributed by atoms with van der Waals surface area (Å²) in [6, 6.07) is 11.0. The second kappa shape index (κ2) is 9.15. The number of nitrogens with one attached hydrogen (secondary N) is 1. The van der Waals surface area contributed by atoms with E-state index in [0.717, 1.165) is 27.4 Å². The molecule has 1 heterocycles. The fourth-order valence-electron chi connectivity index (χ4n) is 2.77. The SMILES string of the molecule is COc1ccc(-c2nc(NC(=O)C(C)Oc3ccc(Cl)cc3Br)sc2C)cc1C. The molecule has 0 bridgehead atoms. The molecule has 8 heteroatoms. The van der Waals surface area contributed by atoms with Crippen LogP contribution in [0.15, 0.2) is 40.9 Å². The molecule has 0 spiro atoms. The van der Waals surface area contributed by atoms with Crippen LogP contribution in [-0.4, -0.2) is 24.1 Å². The van der Waals surface area contributed by atoms with Gasteiger partial charge in [0.15, 0.2) is 11.2 Å². The average molecular weight is 496 g/mol. The van der Waals surface area contributed by atoms with E-state index in [2.05, 4.69) is 26.2 Å². The minimum atomic E-state index is -0.705. The molecule has 1 aromatic heterocycles. The van der Waals surface area contributed by atoms with Gasteiger partial charge in [-0.1, -0.05) is 11.6 Å². The smallest absolute Gasteiger partial charge is 0.266 e. The van der Waals surface area contributed by atoms with Gasteiger partial charge in [0.05, 0.1) is 17.3 Å². The zero-order valence-corrected chi connectivity index (χ0v) is 19.5. The Balaban J connectivity index is 1.72. The summed E-state index contributed by atoms with van der Waals surface area (Å²) in [6.45, 7) is 5.65. The number of aromatic nitrogens is 1. The van der Waals surface area contributed by atoms with Crippen molar-refractivity contribution in [3.63, 3.8) is 0 Å². The number of nitrogens with zero attached hydrogens (tertiary/aromatic N) is 1. The number of carbonyl (C=O) groups excluding carboxylic acids is 1. The van der Waals surface area contributed by atoms with Gasteiger partial charge in [-0.2, -0.15) is 0 Å². The zero-order chi connectivity index (χ0) is 21.1. The molecule has 0 aliphatic heterocycles. The van der Waals surface area contributed by atoms with Crippen molar-refractivity contribution >= 4 is 49.9 Å². The quantitative estimate of drug-likeness (QED) is 0.438. The van der Waals surface area contributed by atoms with E-state index in [1.54, 1.807) is 32.2 Å². The Morgan fingerprint density at radius 2 is 1.93 bits per heavy atom. The van der Waals surface area contributed by atoms with Crippen LogP contribution < -0.4 is 14.8 Å². The highest BCUT2D eigenvalue weighted by atomic mass is 79.9. The molecule has 0 fully saturated rings. The van der Waals surface area contributed by atoms with Crippen molar-refractivity contribution in [1.82, 2.24) is 4.98 Å². The maximum Gasteiger partial charge on any atom is 0.266 e. The van der Waals surface area contributed by atoms with Crippen molar-refractivity contribution in [1.29, 1.82) is 0 Å². The maximum atomic E-state index is 12.6. The lowest BCUT2D eigenvalue weighted by molar-refractivity contribution is -0.122. The molecule has 1 amide bonds. The van der Waals surface area contributed by atoms with Crippen molar-refractivity contribution in [3.05, 3.63) is 56.3 Å². The summed E-state index contributed by atoms with van der Waals surface area (Å²) in [5.74, 6) is 1.09. The van der Waals surface area contributed by atoms with Crippen LogP contribution in [0.25, 0.3) is 11.3 Å². The first kappa shape index (κ1) is 21.6. The highest BCUT2D eigenvalue weighted by molar-refractivity contribution is 9.10. The minimum absolute atomic E-state index is 0.280. The van der Waals surface area contributed by atoms with E-state index >= 15 is 0 Å². The summed E-state index contributed by atoms with van der Waals surface area (Å²) in [5, 5.41) is 3.95. The van der Waals surface area contributed by atoms with Crippen molar-refractivity contribution in [2.24, 2.45) is 0 Å². The van der Waals surface area contributed by atoms with Gasteiger partial charge >= 0.3 is 0 Å². The van der Waals surface area contributed by atoms with Crippen LogP contribution in [-0.2, 0) is 4.79 Å². The molecule has 0 aliphatic rings. The third-order valence-electron chi connectivity index (χ3n) is 4.26. The van der Waals surface area contributed by atoms with E-state index < -0.39 is 6.10 Å². The van der Waals surface area contributed by atoms with Crippen LogP contribution in [0.1, 0.15) is 17.4 Å². The normalized spacial score (nSPS) is 11.8. The summed E-state index contributed by atoms with van der Waals surface area (Å²) >= 11 is 10.8. The molecule has 3 rings (SSSR count). The predicted molar refractivity (Wildman–Crippen MR) is 121 cm³/mol. The summed E-state index contributed by atoms with van der Waals surface area (Å²) < 4.78 is 11.7. The second-order valence-corrected chi connectivity index (χ2v) is 8.93. The Labute approximate surface area is 187 Å². The molecule has 0 saturated carbocycles. The Bertz CT molecular complexity index is 1050. The van der Waals surface area contributed by atoms with Gasteiger partial charge in [0.25, 0.3) is 5.91 Å². The average Bonchev–Trinajstić information content (AvgIpc) is 3.03.